The Kier molecular flexibility index (Phi) is 5.55. The van der Waals surface area contributed by atoms with Crippen molar-refractivity contribution in [3.63, 3.8) is 0 Å². The zero-order valence-electron chi connectivity index (χ0n) is 9.99. The molecule has 1 aromatic rings. The first-order valence-electron chi connectivity index (χ1n) is 5.05. The summed E-state index contributed by atoms with van der Waals surface area (Å²) in [5, 5.41) is 0. The second-order valence-electron chi connectivity index (χ2n) is 4.61. The van der Waals surface area contributed by atoms with Crippen LogP contribution in [0.25, 0.3) is 0 Å². The summed E-state index contributed by atoms with van der Waals surface area (Å²) in [6.45, 7) is 5.31. The average molecular weight is 246 g/mol. The summed E-state index contributed by atoms with van der Waals surface area (Å²) in [4.78, 5) is 16.4. The molecule has 0 unspecified atom stereocenters. The van der Waals surface area contributed by atoms with Crippen molar-refractivity contribution in [2.45, 2.75) is 13.8 Å². The molecule has 0 aliphatic carbocycles. The van der Waals surface area contributed by atoms with Gasteiger partial charge in [0.25, 0.3) is 5.91 Å². The first kappa shape index (κ1) is 15.0. The Bertz CT molecular complexity index is 322. The Morgan fingerprint density at radius 3 is 2.62 bits per heavy atom. The summed E-state index contributed by atoms with van der Waals surface area (Å²) < 4.78 is 0. The maximum atomic E-state index is 11.9. The number of halogens is 1. The van der Waals surface area contributed by atoms with Gasteiger partial charge in [-0.3, -0.25) is 4.79 Å². The van der Waals surface area contributed by atoms with Crippen LogP contribution in [0.4, 0.5) is 0 Å². The molecule has 1 amide bonds. The van der Waals surface area contributed by atoms with Crippen LogP contribution in [0.3, 0.4) is 0 Å². The van der Waals surface area contributed by atoms with Crippen molar-refractivity contribution in [3.05, 3.63) is 24.0 Å². The van der Waals surface area contributed by atoms with Crippen LogP contribution in [-0.4, -0.2) is 35.9 Å². The number of nitrogens with two attached hydrogens (primary N) is 1. The van der Waals surface area contributed by atoms with Gasteiger partial charge >= 0.3 is 0 Å². The summed E-state index contributed by atoms with van der Waals surface area (Å²) in [6.07, 6.45) is 1.75. The molecule has 0 saturated heterocycles. The SMILES string of the molecule is CN(CC(C)(C)CN)C(=O)c1ccc[nH]1.Cl. The third kappa shape index (κ3) is 3.87. The van der Waals surface area contributed by atoms with Crippen molar-refractivity contribution in [2.75, 3.05) is 20.1 Å². The molecule has 0 radical (unpaired) electrons. The van der Waals surface area contributed by atoms with Crippen LogP contribution < -0.4 is 5.73 Å². The Balaban J connectivity index is 0.00000225. The molecule has 0 aromatic carbocycles. The van der Waals surface area contributed by atoms with Crippen LogP contribution in [0.1, 0.15) is 24.3 Å². The fourth-order valence-electron chi connectivity index (χ4n) is 1.45. The van der Waals surface area contributed by atoms with Crippen LogP contribution in [0.2, 0.25) is 0 Å². The van der Waals surface area contributed by atoms with Gasteiger partial charge in [0.15, 0.2) is 0 Å². The molecule has 5 heteroatoms. The quantitative estimate of drug-likeness (QED) is 0.845. The Labute approximate surface area is 103 Å². The number of carbonyl (C=O) groups excluding carboxylic acids is 1. The van der Waals surface area contributed by atoms with Gasteiger partial charge in [-0.1, -0.05) is 13.8 Å². The highest BCUT2D eigenvalue weighted by molar-refractivity contribution is 5.92. The van der Waals surface area contributed by atoms with E-state index in [1.807, 2.05) is 19.9 Å². The molecule has 0 saturated carbocycles. The number of amides is 1. The lowest BCUT2D eigenvalue weighted by molar-refractivity contribution is 0.0735. The summed E-state index contributed by atoms with van der Waals surface area (Å²) in [7, 11) is 1.79. The number of carbonyl (C=O) groups is 1. The third-order valence-electron chi connectivity index (χ3n) is 2.39. The van der Waals surface area contributed by atoms with E-state index in [0.29, 0.717) is 18.8 Å². The lowest BCUT2D eigenvalue weighted by Crippen LogP contribution is -2.39. The van der Waals surface area contributed by atoms with Gasteiger partial charge in [0.2, 0.25) is 0 Å². The predicted octanol–water partition coefficient (Wildman–Crippen LogP) is 1.49. The monoisotopic (exact) mass is 245 g/mol. The molecule has 1 rings (SSSR count). The Morgan fingerprint density at radius 1 is 1.56 bits per heavy atom. The van der Waals surface area contributed by atoms with Crippen molar-refractivity contribution in [1.82, 2.24) is 9.88 Å². The minimum absolute atomic E-state index is 0. The molecule has 16 heavy (non-hydrogen) atoms. The van der Waals surface area contributed by atoms with Crippen LogP contribution in [0.5, 0.6) is 0 Å². The number of hydrogen-bond acceptors (Lipinski definition) is 2. The minimum Gasteiger partial charge on any atom is -0.357 e. The maximum absolute atomic E-state index is 11.9. The molecule has 0 bridgehead atoms. The summed E-state index contributed by atoms with van der Waals surface area (Å²) in [5.74, 6) is 0.00141. The first-order valence-corrected chi connectivity index (χ1v) is 5.05. The molecule has 1 heterocycles. The van der Waals surface area contributed by atoms with Gasteiger partial charge in [0.05, 0.1) is 0 Å². The zero-order chi connectivity index (χ0) is 11.5. The average Bonchev–Trinajstić information content (AvgIpc) is 2.68. The van der Waals surface area contributed by atoms with Crippen molar-refractivity contribution in [2.24, 2.45) is 11.1 Å². The zero-order valence-corrected chi connectivity index (χ0v) is 10.8. The molecule has 0 fully saturated rings. The van der Waals surface area contributed by atoms with E-state index in [1.54, 1.807) is 24.2 Å². The van der Waals surface area contributed by atoms with E-state index in [2.05, 4.69) is 4.98 Å². The highest BCUT2D eigenvalue weighted by Gasteiger charge is 2.22. The van der Waals surface area contributed by atoms with E-state index in [-0.39, 0.29) is 23.7 Å². The molecule has 0 aliphatic heterocycles. The second kappa shape index (κ2) is 5.92. The number of aromatic nitrogens is 1. The summed E-state index contributed by atoms with van der Waals surface area (Å²) >= 11 is 0. The molecule has 1 aromatic heterocycles. The van der Waals surface area contributed by atoms with Crippen LogP contribution in [0, 0.1) is 5.41 Å². The van der Waals surface area contributed by atoms with Crippen LogP contribution >= 0.6 is 12.4 Å². The number of hydrogen-bond donors (Lipinski definition) is 2. The molecule has 0 atom stereocenters. The van der Waals surface area contributed by atoms with Crippen molar-refractivity contribution >= 4 is 18.3 Å². The molecular formula is C11H20ClN3O. The molecule has 0 aliphatic rings. The second-order valence-corrected chi connectivity index (χ2v) is 4.61. The Hall–Kier alpha value is -1.00. The van der Waals surface area contributed by atoms with Gasteiger partial charge < -0.3 is 15.6 Å². The van der Waals surface area contributed by atoms with Gasteiger partial charge in [0.1, 0.15) is 5.69 Å². The van der Waals surface area contributed by atoms with Crippen LogP contribution in [0.15, 0.2) is 18.3 Å². The normalized spacial score (nSPS) is 10.8. The van der Waals surface area contributed by atoms with Gasteiger partial charge in [-0.05, 0) is 24.1 Å². The highest BCUT2D eigenvalue weighted by Crippen LogP contribution is 2.15. The van der Waals surface area contributed by atoms with Crippen molar-refractivity contribution in [1.29, 1.82) is 0 Å². The van der Waals surface area contributed by atoms with E-state index >= 15 is 0 Å². The maximum Gasteiger partial charge on any atom is 0.270 e. The smallest absolute Gasteiger partial charge is 0.270 e. The van der Waals surface area contributed by atoms with E-state index in [9.17, 15) is 4.79 Å². The van der Waals surface area contributed by atoms with E-state index in [4.69, 9.17) is 5.73 Å². The number of nitrogens with one attached hydrogen (secondary N) is 1. The van der Waals surface area contributed by atoms with E-state index < -0.39 is 0 Å². The first-order chi connectivity index (χ1) is 6.96. The number of nitrogens with zero attached hydrogens (tertiary/aromatic N) is 1. The fourth-order valence-corrected chi connectivity index (χ4v) is 1.45. The van der Waals surface area contributed by atoms with Gasteiger partial charge in [-0.2, -0.15) is 0 Å². The number of rotatable bonds is 4. The van der Waals surface area contributed by atoms with Gasteiger partial charge in [-0.25, -0.2) is 0 Å². The number of aromatic amines is 1. The van der Waals surface area contributed by atoms with Gasteiger partial charge in [0, 0.05) is 19.8 Å². The minimum atomic E-state index is -0.0446. The van der Waals surface area contributed by atoms with E-state index in [0.717, 1.165) is 0 Å². The lowest BCUT2D eigenvalue weighted by atomic mass is 9.93. The Morgan fingerprint density at radius 2 is 2.19 bits per heavy atom. The largest absolute Gasteiger partial charge is 0.357 e. The summed E-state index contributed by atoms with van der Waals surface area (Å²) in [6, 6.07) is 3.59. The topological polar surface area (TPSA) is 62.1 Å². The van der Waals surface area contributed by atoms with Gasteiger partial charge in [-0.15, -0.1) is 12.4 Å². The molecule has 3 N–H and O–H groups in total. The standard InChI is InChI=1S/C11H19N3O.ClH/c1-11(2,7-12)8-14(3)10(15)9-5-4-6-13-9;/h4-6,13H,7-8,12H2,1-3H3;1H. The van der Waals surface area contributed by atoms with Crippen LogP contribution in [-0.2, 0) is 0 Å². The molecular weight excluding hydrogens is 226 g/mol. The molecule has 4 nitrogen and oxygen atoms in total. The lowest BCUT2D eigenvalue weighted by Gasteiger charge is -2.28. The highest BCUT2D eigenvalue weighted by atomic mass is 35.5. The van der Waals surface area contributed by atoms with E-state index in [1.165, 1.54) is 0 Å². The van der Waals surface area contributed by atoms with Crippen molar-refractivity contribution in [3.8, 4) is 0 Å². The predicted molar refractivity (Wildman–Crippen MR) is 67.8 cm³/mol. The molecule has 0 spiro atoms. The van der Waals surface area contributed by atoms with Crippen molar-refractivity contribution < 1.29 is 4.79 Å². The number of H-pyrrole nitrogens is 1. The molecule has 92 valence electrons. The summed E-state index contributed by atoms with van der Waals surface area (Å²) in [5.41, 5.74) is 6.20. The fraction of sp³-hybridized carbons (Fsp3) is 0.545. The third-order valence-corrected chi connectivity index (χ3v) is 2.39.